The van der Waals surface area contributed by atoms with E-state index >= 15 is 0 Å². The first-order valence-electron chi connectivity index (χ1n) is 10.6. The smallest absolute Gasteiger partial charge is 0.355 e. The van der Waals surface area contributed by atoms with Crippen LogP contribution < -0.4 is 15.4 Å². The maximum Gasteiger partial charge on any atom is 0.355 e. The van der Waals surface area contributed by atoms with Crippen LogP contribution in [0.25, 0.3) is 0 Å². The first-order valence-corrected chi connectivity index (χ1v) is 10.6. The van der Waals surface area contributed by atoms with Crippen molar-refractivity contribution in [2.45, 2.75) is 12.0 Å². The molecule has 0 saturated carbocycles. The highest BCUT2D eigenvalue weighted by molar-refractivity contribution is 6.06. The van der Waals surface area contributed by atoms with Crippen LogP contribution in [0.1, 0.15) is 11.5 Å². The van der Waals surface area contributed by atoms with Crippen LogP contribution in [0.4, 0.5) is 10.1 Å². The van der Waals surface area contributed by atoms with Gasteiger partial charge in [-0.2, -0.15) is 5.26 Å². The lowest BCUT2D eigenvalue weighted by Crippen LogP contribution is -2.42. The van der Waals surface area contributed by atoms with Crippen molar-refractivity contribution in [3.8, 4) is 11.8 Å². The van der Waals surface area contributed by atoms with E-state index in [1.807, 2.05) is 6.07 Å². The van der Waals surface area contributed by atoms with E-state index in [2.05, 4.69) is 0 Å². The molecule has 0 bridgehead atoms. The Bertz CT molecular complexity index is 1260. The molecule has 0 aromatic heterocycles. The van der Waals surface area contributed by atoms with Crippen molar-refractivity contribution in [2.24, 2.45) is 5.73 Å². The van der Waals surface area contributed by atoms with E-state index < -0.39 is 23.7 Å². The molecule has 35 heavy (non-hydrogen) atoms. The number of halogens is 1. The zero-order chi connectivity index (χ0) is 25.1. The van der Waals surface area contributed by atoms with Crippen LogP contribution in [0.5, 0.6) is 5.75 Å². The second-order valence-electron chi connectivity index (χ2n) is 7.72. The molecule has 9 nitrogen and oxygen atoms in total. The van der Waals surface area contributed by atoms with Gasteiger partial charge in [0.2, 0.25) is 0 Å². The van der Waals surface area contributed by atoms with Crippen molar-refractivity contribution in [1.29, 1.82) is 5.26 Å². The minimum absolute atomic E-state index is 0.00969. The zero-order valence-electron chi connectivity index (χ0n) is 19.0. The summed E-state index contributed by atoms with van der Waals surface area (Å²) < 4.78 is 35.5. The number of benzene rings is 2. The number of nitrogens with zero attached hydrogens (tertiary/aromatic N) is 2. The Labute approximate surface area is 200 Å². The Hall–Kier alpha value is -4.36. The molecule has 180 valence electrons. The van der Waals surface area contributed by atoms with Crippen LogP contribution >= 0.6 is 0 Å². The molecule has 1 atom stereocenters. The Balaban J connectivity index is 2.03. The number of methoxy groups -OCH3 is 2. The molecule has 2 N–H and O–H groups in total. The highest BCUT2D eigenvalue weighted by Gasteiger charge is 2.44. The molecule has 2 heterocycles. The van der Waals surface area contributed by atoms with E-state index in [9.17, 15) is 19.2 Å². The van der Waals surface area contributed by atoms with Crippen LogP contribution in [0.2, 0.25) is 0 Å². The molecule has 0 amide bonds. The number of hydrogen-bond acceptors (Lipinski definition) is 9. The molecular weight excluding hydrogens is 457 g/mol. The van der Waals surface area contributed by atoms with Crippen LogP contribution in [0.15, 0.2) is 71.2 Å². The molecule has 2 aliphatic heterocycles. The summed E-state index contributed by atoms with van der Waals surface area (Å²) in [5.41, 5.74) is 6.46. The fraction of sp³-hybridized carbons (Fsp3) is 0.240. The SMILES string of the molecule is COC(=O)C1=C(C(=O)OC)N(c2cc(F)ccc2OC2COC2)C(N)=C(C#N)C1c1ccccc1. The largest absolute Gasteiger partial charge is 0.483 e. The van der Waals surface area contributed by atoms with Gasteiger partial charge in [-0.25, -0.2) is 14.0 Å². The Kier molecular flexibility index (Phi) is 6.71. The average Bonchev–Trinajstić information content (AvgIpc) is 2.85. The third kappa shape index (κ3) is 4.29. The highest BCUT2D eigenvalue weighted by Crippen LogP contribution is 2.45. The Morgan fingerprint density at radius 3 is 2.37 bits per heavy atom. The first-order chi connectivity index (χ1) is 16.9. The second-order valence-corrected chi connectivity index (χ2v) is 7.72. The molecule has 2 aliphatic rings. The third-order valence-electron chi connectivity index (χ3n) is 5.67. The normalized spacial score (nSPS) is 18.0. The summed E-state index contributed by atoms with van der Waals surface area (Å²) in [5, 5.41) is 10.1. The number of nitrogens with two attached hydrogens (primary N) is 1. The molecular formula is C25H22FN3O6. The predicted molar refractivity (Wildman–Crippen MR) is 121 cm³/mol. The molecule has 4 rings (SSSR count). The summed E-state index contributed by atoms with van der Waals surface area (Å²) in [4.78, 5) is 27.3. The summed E-state index contributed by atoms with van der Waals surface area (Å²) in [6.07, 6.45) is -0.299. The van der Waals surface area contributed by atoms with Gasteiger partial charge in [0.25, 0.3) is 0 Å². The van der Waals surface area contributed by atoms with Gasteiger partial charge in [0.05, 0.1) is 56.3 Å². The van der Waals surface area contributed by atoms with Crippen molar-refractivity contribution < 1.29 is 32.9 Å². The standard InChI is InChI=1S/C25H22FN3O6/c1-32-24(30)21-20(14-6-4-3-5-7-14)17(11-27)23(28)29(22(21)25(31)33-2)18-10-15(26)8-9-19(18)35-16-12-34-13-16/h3-10,16,20H,12-13,28H2,1-2H3. The van der Waals surface area contributed by atoms with Crippen molar-refractivity contribution in [3.05, 3.63) is 82.6 Å². The van der Waals surface area contributed by atoms with Gasteiger partial charge in [-0.15, -0.1) is 0 Å². The van der Waals surface area contributed by atoms with Crippen molar-refractivity contribution in [1.82, 2.24) is 0 Å². The van der Waals surface area contributed by atoms with Crippen LogP contribution in [-0.2, 0) is 23.8 Å². The maximum atomic E-state index is 14.5. The van der Waals surface area contributed by atoms with Crippen molar-refractivity contribution in [2.75, 3.05) is 32.3 Å². The lowest BCUT2D eigenvalue weighted by molar-refractivity contribution is -0.139. The topological polar surface area (TPSA) is 124 Å². The van der Waals surface area contributed by atoms with E-state index in [4.69, 9.17) is 24.7 Å². The molecule has 0 radical (unpaired) electrons. The zero-order valence-corrected chi connectivity index (χ0v) is 19.0. The number of carbonyl (C=O) groups is 2. The van der Waals surface area contributed by atoms with Crippen LogP contribution in [0, 0.1) is 17.1 Å². The molecule has 2 aromatic carbocycles. The summed E-state index contributed by atoms with van der Waals surface area (Å²) in [6.45, 7) is 0.656. The van der Waals surface area contributed by atoms with E-state index in [1.54, 1.807) is 30.3 Å². The number of allylic oxidation sites excluding steroid dienone is 1. The number of hydrogen-bond donors (Lipinski definition) is 1. The first kappa shape index (κ1) is 23.8. The van der Waals surface area contributed by atoms with Crippen LogP contribution in [-0.4, -0.2) is 45.5 Å². The molecule has 0 aliphatic carbocycles. The van der Waals surface area contributed by atoms with Crippen molar-refractivity contribution >= 4 is 17.6 Å². The molecule has 10 heteroatoms. The predicted octanol–water partition coefficient (Wildman–Crippen LogP) is 2.50. The quantitative estimate of drug-likeness (QED) is 0.622. The monoisotopic (exact) mass is 479 g/mol. The van der Waals surface area contributed by atoms with Gasteiger partial charge in [-0.3, -0.25) is 4.90 Å². The fourth-order valence-electron chi connectivity index (χ4n) is 3.99. The summed E-state index contributed by atoms with van der Waals surface area (Å²) in [5.74, 6) is -3.52. The molecule has 2 aromatic rings. The highest BCUT2D eigenvalue weighted by atomic mass is 19.1. The lowest BCUT2D eigenvalue weighted by atomic mass is 9.81. The van der Waals surface area contributed by atoms with Crippen LogP contribution in [0.3, 0.4) is 0 Å². The van der Waals surface area contributed by atoms with E-state index in [0.717, 1.165) is 25.2 Å². The van der Waals surface area contributed by atoms with Gasteiger partial charge >= 0.3 is 11.9 Å². The fourth-order valence-corrected chi connectivity index (χ4v) is 3.99. The van der Waals surface area contributed by atoms with E-state index in [1.165, 1.54) is 12.1 Å². The van der Waals surface area contributed by atoms with Gasteiger partial charge in [0, 0.05) is 6.07 Å². The molecule has 1 saturated heterocycles. The lowest BCUT2D eigenvalue weighted by Gasteiger charge is -2.37. The number of anilines is 1. The van der Waals surface area contributed by atoms with Gasteiger partial charge in [0.1, 0.15) is 29.2 Å². The number of esters is 2. The Morgan fingerprint density at radius 2 is 1.80 bits per heavy atom. The molecule has 1 fully saturated rings. The van der Waals surface area contributed by atoms with Gasteiger partial charge < -0.3 is 24.7 Å². The number of rotatable bonds is 6. The summed E-state index contributed by atoms with van der Waals surface area (Å²) in [6, 6.07) is 14.3. The summed E-state index contributed by atoms with van der Waals surface area (Å²) >= 11 is 0. The molecule has 1 unspecified atom stereocenters. The average molecular weight is 479 g/mol. The number of ether oxygens (including phenoxy) is 4. The maximum absolute atomic E-state index is 14.5. The van der Waals surface area contributed by atoms with Gasteiger partial charge in [-0.1, -0.05) is 30.3 Å². The third-order valence-corrected chi connectivity index (χ3v) is 5.67. The second kappa shape index (κ2) is 9.87. The summed E-state index contributed by atoms with van der Waals surface area (Å²) in [7, 11) is 2.28. The van der Waals surface area contributed by atoms with Gasteiger partial charge in [-0.05, 0) is 17.7 Å². The minimum atomic E-state index is -1.03. The molecule has 0 spiro atoms. The van der Waals surface area contributed by atoms with Gasteiger partial charge in [0.15, 0.2) is 0 Å². The van der Waals surface area contributed by atoms with E-state index in [-0.39, 0.29) is 40.2 Å². The number of nitriles is 1. The Morgan fingerprint density at radius 1 is 1.11 bits per heavy atom. The van der Waals surface area contributed by atoms with Crippen molar-refractivity contribution in [3.63, 3.8) is 0 Å². The minimum Gasteiger partial charge on any atom is -0.483 e. The van der Waals surface area contributed by atoms with E-state index in [0.29, 0.717) is 18.8 Å². The number of carbonyl (C=O) groups excluding carboxylic acids is 2.